The molecule has 4 heterocycles. The third kappa shape index (κ3) is 7.34. The van der Waals surface area contributed by atoms with Crippen LogP contribution < -0.4 is 9.80 Å². The van der Waals surface area contributed by atoms with Gasteiger partial charge in [-0.05, 0) is 124 Å². The molecule has 1 aliphatic rings. The summed E-state index contributed by atoms with van der Waals surface area (Å²) in [6.07, 6.45) is 5.26. The van der Waals surface area contributed by atoms with Crippen molar-refractivity contribution in [3.05, 3.63) is 265 Å². The van der Waals surface area contributed by atoms with E-state index in [4.69, 9.17) is 15.0 Å². The lowest BCUT2D eigenvalue weighted by Crippen LogP contribution is -2.23. The first-order chi connectivity index (χ1) is 33.5. The molecule has 0 unspecified atom stereocenters. The van der Waals surface area contributed by atoms with Gasteiger partial charge < -0.3 is 9.80 Å². The average Bonchev–Trinajstić information content (AvgIpc) is 3.95. The van der Waals surface area contributed by atoms with Gasteiger partial charge in [0.25, 0.3) is 0 Å². The number of hydrogen-bond acceptors (Lipinski definition) is 5. The summed E-state index contributed by atoms with van der Waals surface area (Å²) in [6, 6.07) is 69.8. The molecular formula is C60H40F2N6. The highest BCUT2D eigenvalue weighted by Crippen LogP contribution is 2.46. The molecule has 0 amide bonds. The van der Waals surface area contributed by atoms with Gasteiger partial charge in [-0.3, -0.25) is 9.55 Å². The first-order valence-corrected chi connectivity index (χ1v) is 22.5. The molecule has 0 aliphatic carbocycles. The van der Waals surface area contributed by atoms with Crippen LogP contribution in [0.2, 0.25) is 0 Å². The molecule has 6 nitrogen and oxygen atoms in total. The van der Waals surface area contributed by atoms with E-state index in [1.807, 2.05) is 54.7 Å². The van der Waals surface area contributed by atoms with E-state index >= 15 is 0 Å². The third-order valence-corrected chi connectivity index (χ3v) is 12.7. The quantitative estimate of drug-likeness (QED) is 0.135. The molecule has 0 N–H and O–H groups in total. The monoisotopic (exact) mass is 882 g/mol. The Morgan fingerprint density at radius 1 is 0.441 bits per heavy atom. The number of pyridine rings is 1. The van der Waals surface area contributed by atoms with Gasteiger partial charge in [-0.1, -0.05) is 121 Å². The summed E-state index contributed by atoms with van der Waals surface area (Å²) < 4.78 is 31.9. The number of nitrogens with zero attached hydrogens (tertiary/aromatic N) is 6. The van der Waals surface area contributed by atoms with Crippen LogP contribution in [0, 0.1) is 11.6 Å². The number of halogens is 2. The highest BCUT2D eigenvalue weighted by Gasteiger charge is 2.29. The van der Waals surface area contributed by atoms with Gasteiger partial charge in [0.15, 0.2) is 0 Å². The molecule has 3 aromatic heterocycles. The van der Waals surface area contributed by atoms with Crippen molar-refractivity contribution in [1.82, 2.24) is 19.5 Å². The summed E-state index contributed by atoms with van der Waals surface area (Å²) >= 11 is 0. The van der Waals surface area contributed by atoms with Crippen molar-refractivity contribution in [2.45, 2.75) is 0 Å². The van der Waals surface area contributed by atoms with E-state index in [2.05, 4.69) is 142 Å². The number of hydrogen-bond donors (Lipinski definition) is 0. The first-order valence-electron chi connectivity index (χ1n) is 22.5. The Balaban J connectivity index is 1.15. The van der Waals surface area contributed by atoms with Gasteiger partial charge in [-0.15, -0.1) is 0 Å². The fourth-order valence-corrected chi connectivity index (χ4v) is 9.62. The summed E-state index contributed by atoms with van der Waals surface area (Å²) in [6.45, 7) is 0.603. The predicted octanol–water partition coefficient (Wildman–Crippen LogP) is 14.8. The summed E-state index contributed by atoms with van der Waals surface area (Å²) in [5.41, 5.74) is 14.0. The Morgan fingerprint density at radius 3 is 1.84 bits per heavy atom. The summed E-state index contributed by atoms with van der Waals surface area (Å²) in [5.74, 6) is 0.119. The zero-order chi connectivity index (χ0) is 45.6. The zero-order valence-electron chi connectivity index (χ0n) is 36.6. The van der Waals surface area contributed by atoms with Crippen molar-refractivity contribution >= 4 is 55.7 Å². The van der Waals surface area contributed by atoms with Gasteiger partial charge in [0.05, 0.1) is 46.2 Å². The Labute approximate surface area is 392 Å². The van der Waals surface area contributed by atoms with Crippen LogP contribution >= 0.6 is 0 Å². The molecule has 8 aromatic carbocycles. The third-order valence-electron chi connectivity index (χ3n) is 12.7. The Morgan fingerprint density at radius 2 is 1.06 bits per heavy atom. The second-order valence-electron chi connectivity index (χ2n) is 16.8. The lowest BCUT2D eigenvalue weighted by molar-refractivity contribution is 0.628. The summed E-state index contributed by atoms with van der Waals surface area (Å²) in [4.78, 5) is 19.6. The molecule has 0 spiro atoms. The largest absolute Gasteiger partial charge is 0.321 e. The highest BCUT2D eigenvalue weighted by atomic mass is 19.1. The number of aromatic nitrogens is 4. The fraction of sp³-hybridized carbons (Fsp3) is 0.0167. The molecule has 0 bridgehead atoms. The minimum absolute atomic E-state index is 0.319. The predicted molar refractivity (Wildman–Crippen MR) is 271 cm³/mol. The summed E-state index contributed by atoms with van der Waals surface area (Å²) in [7, 11) is 0. The van der Waals surface area contributed by atoms with Gasteiger partial charge in [0, 0.05) is 39.5 Å². The fourth-order valence-electron chi connectivity index (χ4n) is 9.62. The Bertz CT molecular complexity index is 3620. The van der Waals surface area contributed by atoms with Crippen molar-refractivity contribution in [2.75, 3.05) is 16.5 Å². The molecule has 68 heavy (non-hydrogen) atoms. The minimum Gasteiger partial charge on any atom is -0.321 e. The normalized spacial score (nSPS) is 12.7. The maximum atomic E-state index is 14.9. The van der Waals surface area contributed by atoms with Crippen molar-refractivity contribution < 1.29 is 8.78 Å². The molecule has 8 heteroatoms. The van der Waals surface area contributed by atoms with E-state index < -0.39 is 0 Å². The van der Waals surface area contributed by atoms with Crippen molar-refractivity contribution in [3.63, 3.8) is 0 Å². The van der Waals surface area contributed by atoms with Crippen LogP contribution in [-0.2, 0) is 0 Å². The molecule has 324 valence electrons. The van der Waals surface area contributed by atoms with E-state index in [1.165, 1.54) is 18.2 Å². The molecule has 0 atom stereocenters. The van der Waals surface area contributed by atoms with E-state index in [0.29, 0.717) is 23.6 Å². The SMILES string of the molecule is Fc1cccc(-c2cccc(/C(=C(\c3cccc(N4CN(c5ccccc5)c5ccccc54)c3)c3ccc4c5ccccc5n(-c5ccccn5)c4c3)c3cncc(-c4cccc(F)c4)n3)c2)c1. The molecule has 0 radical (unpaired) electrons. The van der Waals surface area contributed by atoms with Crippen LogP contribution in [0.15, 0.2) is 231 Å². The first kappa shape index (κ1) is 40.5. The van der Waals surface area contributed by atoms with Gasteiger partial charge in [-0.25, -0.2) is 18.7 Å². The van der Waals surface area contributed by atoms with Crippen LogP contribution in [0.5, 0.6) is 0 Å². The summed E-state index contributed by atoms with van der Waals surface area (Å²) in [5, 5.41) is 2.19. The lowest BCUT2D eigenvalue weighted by Gasteiger charge is -2.24. The van der Waals surface area contributed by atoms with Gasteiger partial charge in [0.2, 0.25) is 0 Å². The van der Waals surface area contributed by atoms with Crippen LogP contribution in [0.3, 0.4) is 0 Å². The second-order valence-corrected chi connectivity index (χ2v) is 16.8. The number of para-hydroxylation sites is 4. The van der Waals surface area contributed by atoms with Crippen molar-refractivity contribution in [1.29, 1.82) is 0 Å². The minimum atomic E-state index is -0.364. The number of fused-ring (bicyclic) bond motifs is 4. The second kappa shape index (κ2) is 17.1. The standard InChI is InChI=1S/C60H40F2N6/c61-46-19-11-15-41(33-46)40-14-10-17-43(32-40)60(53-38-63-37-52(65-53)42-16-12-20-47(62)34-42)59(45-29-30-51-50-24-4-5-25-54(50)68(57(51)36-45)58-28-8-9-31-64-58)44-18-13-23-49(35-44)67-39-66(48-21-2-1-3-22-48)55-26-6-7-27-56(55)67/h1-38H,39H2/b60-59-. The number of benzene rings is 8. The van der Waals surface area contributed by atoms with Crippen molar-refractivity contribution in [2.24, 2.45) is 0 Å². The molecule has 12 rings (SSSR count). The van der Waals surface area contributed by atoms with Crippen LogP contribution in [-0.4, -0.2) is 26.2 Å². The molecular weight excluding hydrogens is 843 g/mol. The Kier molecular flexibility index (Phi) is 10.2. The highest BCUT2D eigenvalue weighted by molar-refractivity contribution is 6.12. The van der Waals surface area contributed by atoms with E-state index in [0.717, 1.165) is 89.3 Å². The molecule has 11 aromatic rings. The van der Waals surface area contributed by atoms with Gasteiger partial charge in [-0.2, -0.15) is 0 Å². The van der Waals surface area contributed by atoms with Crippen molar-refractivity contribution in [3.8, 4) is 28.2 Å². The molecule has 1 aliphatic heterocycles. The van der Waals surface area contributed by atoms with Gasteiger partial charge >= 0.3 is 0 Å². The maximum Gasteiger partial charge on any atom is 0.137 e. The van der Waals surface area contributed by atoms with E-state index in [1.54, 1.807) is 30.6 Å². The maximum absolute atomic E-state index is 14.9. The van der Waals surface area contributed by atoms with Gasteiger partial charge in [0.1, 0.15) is 24.1 Å². The number of rotatable bonds is 9. The van der Waals surface area contributed by atoms with Crippen LogP contribution in [0.1, 0.15) is 22.4 Å². The lowest BCUT2D eigenvalue weighted by atomic mass is 9.86. The topological polar surface area (TPSA) is 50.1 Å². The Hall–Kier alpha value is -9.01. The molecule has 0 saturated carbocycles. The van der Waals surface area contributed by atoms with Crippen LogP contribution in [0.4, 0.5) is 31.5 Å². The van der Waals surface area contributed by atoms with E-state index in [9.17, 15) is 8.78 Å². The zero-order valence-corrected chi connectivity index (χ0v) is 36.6. The number of anilines is 4. The van der Waals surface area contributed by atoms with Crippen LogP contribution in [0.25, 0.3) is 61.2 Å². The van der Waals surface area contributed by atoms with E-state index in [-0.39, 0.29) is 11.6 Å². The molecule has 0 fully saturated rings. The molecule has 0 saturated heterocycles. The average molecular weight is 883 g/mol. The smallest absolute Gasteiger partial charge is 0.137 e.